The molecule has 0 spiro atoms. The molecule has 0 saturated heterocycles. The smallest absolute Gasteiger partial charge is 0.148 e. The van der Waals surface area contributed by atoms with Crippen molar-refractivity contribution in [3.63, 3.8) is 0 Å². The fraction of sp³-hybridized carbons (Fsp3) is 0.400. The van der Waals surface area contributed by atoms with Crippen molar-refractivity contribution in [2.45, 2.75) is 33.2 Å². The summed E-state index contributed by atoms with van der Waals surface area (Å²) in [6.45, 7) is 7.88. The first-order valence-electron chi connectivity index (χ1n) is 6.75. The highest BCUT2D eigenvalue weighted by molar-refractivity contribution is 5.64. The Morgan fingerprint density at radius 3 is 2.63 bits per heavy atom. The van der Waals surface area contributed by atoms with Crippen molar-refractivity contribution >= 4 is 11.5 Å². The molecule has 1 atom stereocenters. The van der Waals surface area contributed by atoms with Crippen molar-refractivity contribution in [2.75, 3.05) is 17.6 Å². The minimum atomic E-state index is 0.432. The number of nitrogens with one attached hydrogen (secondary N) is 1. The molecule has 1 unspecified atom stereocenters. The van der Waals surface area contributed by atoms with Crippen LogP contribution in [0.3, 0.4) is 0 Å². The predicted octanol–water partition coefficient (Wildman–Crippen LogP) is 3.01. The van der Waals surface area contributed by atoms with Gasteiger partial charge in [0.05, 0.1) is 11.4 Å². The van der Waals surface area contributed by atoms with Gasteiger partial charge in [-0.2, -0.15) is 5.10 Å². The van der Waals surface area contributed by atoms with Gasteiger partial charge in [-0.25, -0.2) is 4.68 Å². The molecule has 0 amide bonds. The lowest BCUT2D eigenvalue weighted by atomic mass is 10.0. The average Bonchev–Trinajstić information content (AvgIpc) is 2.72. The number of aryl methyl sites for hydroxylation is 2. The highest BCUT2D eigenvalue weighted by Crippen LogP contribution is 2.23. The van der Waals surface area contributed by atoms with Crippen LogP contribution in [-0.2, 0) is 6.54 Å². The maximum Gasteiger partial charge on any atom is 0.148 e. The molecule has 1 aromatic heterocycles. The van der Waals surface area contributed by atoms with E-state index in [0.29, 0.717) is 5.92 Å². The minimum absolute atomic E-state index is 0.432. The molecule has 1 aromatic carbocycles. The quantitative estimate of drug-likeness (QED) is 0.866. The highest BCUT2D eigenvalue weighted by atomic mass is 15.3. The van der Waals surface area contributed by atoms with E-state index in [1.807, 2.05) is 17.7 Å². The molecule has 3 N–H and O–H groups in total. The van der Waals surface area contributed by atoms with E-state index < -0.39 is 0 Å². The minimum Gasteiger partial charge on any atom is -0.394 e. The molecule has 2 rings (SSSR count). The normalized spacial score (nSPS) is 12.4. The SMILES string of the molecule is CCn1nc(C)c(N)c1NCC(C)c1ccccc1. The van der Waals surface area contributed by atoms with Gasteiger partial charge in [0.15, 0.2) is 0 Å². The van der Waals surface area contributed by atoms with E-state index in [2.05, 4.69) is 48.5 Å². The fourth-order valence-corrected chi connectivity index (χ4v) is 2.16. The fourth-order valence-electron chi connectivity index (χ4n) is 2.16. The largest absolute Gasteiger partial charge is 0.394 e. The van der Waals surface area contributed by atoms with Gasteiger partial charge in [-0.05, 0) is 25.3 Å². The van der Waals surface area contributed by atoms with Crippen LogP contribution >= 0.6 is 0 Å². The van der Waals surface area contributed by atoms with Crippen LogP contribution in [0.1, 0.15) is 31.0 Å². The molecular weight excluding hydrogens is 236 g/mol. The zero-order valence-electron chi connectivity index (χ0n) is 11.9. The van der Waals surface area contributed by atoms with Gasteiger partial charge in [-0.15, -0.1) is 0 Å². The number of anilines is 2. The van der Waals surface area contributed by atoms with Crippen molar-refractivity contribution in [1.29, 1.82) is 0 Å². The van der Waals surface area contributed by atoms with Gasteiger partial charge in [0, 0.05) is 13.1 Å². The molecule has 4 heteroatoms. The summed E-state index contributed by atoms with van der Waals surface area (Å²) in [4.78, 5) is 0. The van der Waals surface area contributed by atoms with Crippen molar-refractivity contribution in [3.8, 4) is 0 Å². The second kappa shape index (κ2) is 5.78. The molecule has 0 aliphatic carbocycles. The molecular formula is C15H22N4. The average molecular weight is 258 g/mol. The van der Waals surface area contributed by atoms with E-state index in [1.165, 1.54) is 5.56 Å². The third-order valence-corrected chi connectivity index (χ3v) is 3.42. The van der Waals surface area contributed by atoms with Gasteiger partial charge in [-0.1, -0.05) is 37.3 Å². The number of rotatable bonds is 5. The van der Waals surface area contributed by atoms with Crippen molar-refractivity contribution in [1.82, 2.24) is 9.78 Å². The van der Waals surface area contributed by atoms with Crippen LogP contribution in [0, 0.1) is 6.92 Å². The van der Waals surface area contributed by atoms with Gasteiger partial charge in [0.1, 0.15) is 5.82 Å². The van der Waals surface area contributed by atoms with Gasteiger partial charge in [0.25, 0.3) is 0 Å². The summed E-state index contributed by atoms with van der Waals surface area (Å²) in [6.07, 6.45) is 0. The number of hydrogen-bond donors (Lipinski definition) is 2. The zero-order valence-corrected chi connectivity index (χ0v) is 11.9. The summed E-state index contributed by atoms with van der Waals surface area (Å²) in [5, 5.41) is 7.84. The number of benzene rings is 1. The Balaban J connectivity index is 2.07. The summed E-state index contributed by atoms with van der Waals surface area (Å²) in [5.74, 6) is 1.36. The van der Waals surface area contributed by atoms with Crippen LogP contribution in [0.25, 0.3) is 0 Å². The third-order valence-electron chi connectivity index (χ3n) is 3.42. The topological polar surface area (TPSA) is 55.9 Å². The molecule has 4 nitrogen and oxygen atoms in total. The van der Waals surface area contributed by atoms with E-state index >= 15 is 0 Å². The van der Waals surface area contributed by atoms with E-state index in [4.69, 9.17) is 5.73 Å². The lowest BCUT2D eigenvalue weighted by Crippen LogP contribution is -2.14. The Bertz CT molecular complexity index is 531. The second-order valence-corrected chi connectivity index (χ2v) is 4.86. The summed E-state index contributed by atoms with van der Waals surface area (Å²) < 4.78 is 1.92. The van der Waals surface area contributed by atoms with Gasteiger partial charge in [0.2, 0.25) is 0 Å². The Morgan fingerprint density at radius 1 is 1.32 bits per heavy atom. The van der Waals surface area contributed by atoms with Gasteiger partial charge in [-0.3, -0.25) is 0 Å². The maximum atomic E-state index is 6.06. The lowest BCUT2D eigenvalue weighted by molar-refractivity contribution is 0.653. The summed E-state index contributed by atoms with van der Waals surface area (Å²) in [6, 6.07) is 10.5. The Kier molecular flexibility index (Phi) is 4.10. The van der Waals surface area contributed by atoms with Crippen molar-refractivity contribution < 1.29 is 0 Å². The molecule has 2 aromatic rings. The summed E-state index contributed by atoms with van der Waals surface area (Å²) >= 11 is 0. The van der Waals surface area contributed by atoms with Crippen molar-refractivity contribution in [3.05, 3.63) is 41.6 Å². The van der Waals surface area contributed by atoms with Crippen LogP contribution in [0.5, 0.6) is 0 Å². The van der Waals surface area contributed by atoms with Crippen LogP contribution in [0.4, 0.5) is 11.5 Å². The molecule has 0 fully saturated rings. The predicted molar refractivity (Wildman–Crippen MR) is 80.4 cm³/mol. The molecule has 0 aliphatic rings. The van der Waals surface area contributed by atoms with Gasteiger partial charge < -0.3 is 11.1 Å². The van der Waals surface area contributed by atoms with Crippen LogP contribution in [-0.4, -0.2) is 16.3 Å². The molecule has 0 aliphatic heterocycles. The Labute approximate surface area is 114 Å². The van der Waals surface area contributed by atoms with E-state index in [0.717, 1.165) is 30.3 Å². The van der Waals surface area contributed by atoms with Crippen LogP contribution < -0.4 is 11.1 Å². The first-order chi connectivity index (χ1) is 9.13. The lowest BCUT2D eigenvalue weighted by Gasteiger charge is -2.15. The van der Waals surface area contributed by atoms with E-state index in [-0.39, 0.29) is 0 Å². The van der Waals surface area contributed by atoms with Crippen LogP contribution in [0.2, 0.25) is 0 Å². The number of nitrogens with zero attached hydrogens (tertiary/aromatic N) is 2. The molecule has 19 heavy (non-hydrogen) atoms. The first kappa shape index (κ1) is 13.5. The number of hydrogen-bond acceptors (Lipinski definition) is 3. The van der Waals surface area contributed by atoms with E-state index in [1.54, 1.807) is 0 Å². The molecule has 102 valence electrons. The number of nitrogen functional groups attached to an aromatic ring is 1. The molecule has 1 heterocycles. The molecule has 0 saturated carbocycles. The maximum absolute atomic E-state index is 6.06. The third kappa shape index (κ3) is 2.89. The summed E-state index contributed by atoms with van der Waals surface area (Å²) in [7, 11) is 0. The Morgan fingerprint density at radius 2 is 2.00 bits per heavy atom. The zero-order chi connectivity index (χ0) is 13.8. The molecule has 0 radical (unpaired) electrons. The van der Waals surface area contributed by atoms with Crippen molar-refractivity contribution in [2.24, 2.45) is 0 Å². The summed E-state index contributed by atoms with van der Waals surface area (Å²) in [5.41, 5.74) is 9.02. The Hall–Kier alpha value is -1.97. The van der Waals surface area contributed by atoms with Gasteiger partial charge >= 0.3 is 0 Å². The first-order valence-corrected chi connectivity index (χ1v) is 6.75. The van der Waals surface area contributed by atoms with Crippen LogP contribution in [0.15, 0.2) is 30.3 Å². The van der Waals surface area contributed by atoms with E-state index in [9.17, 15) is 0 Å². The standard InChI is InChI=1S/C15H22N4/c1-4-19-15(14(16)12(3)18-19)17-10-11(2)13-8-6-5-7-9-13/h5-9,11,17H,4,10,16H2,1-3H3. The highest BCUT2D eigenvalue weighted by Gasteiger charge is 2.12. The second-order valence-electron chi connectivity index (χ2n) is 4.86. The number of aromatic nitrogens is 2. The monoisotopic (exact) mass is 258 g/mol. The number of nitrogens with two attached hydrogens (primary N) is 1. The molecule has 0 bridgehead atoms.